The van der Waals surface area contributed by atoms with Crippen molar-refractivity contribution in [2.45, 2.75) is 37.8 Å². The predicted molar refractivity (Wildman–Crippen MR) is 110 cm³/mol. The quantitative estimate of drug-likeness (QED) is 0.657. The molecule has 0 atom stereocenters. The Morgan fingerprint density at radius 2 is 2.13 bits per heavy atom. The van der Waals surface area contributed by atoms with Crippen LogP contribution in [0.25, 0.3) is 5.65 Å². The first-order valence-electron chi connectivity index (χ1n) is 10.5. The van der Waals surface area contributed by atoms with E-state index in [4.69, 9.17) is 15.5 Å². The van der Waals surface area contributed by atoms with Gasteiger partial charge in [-0.05, 0) is 18.8 Å². The van der Waals surface area contributed by atoms with Crippen molar-refractivity contribution >= 4 is 23.1 Å². The number of carbonyl (C=O) groups excluding carboxylic acids is 1. The second-order valence-corrected chi connectivity index (χ2v) is 8.46. The maximum absolute atomic E-state index is 14.3. The molecule has 3 N–H and O–H groups in total. The Morgan fingerprint density at radius 1 is 1.29 bits per heavy atom. The number of anilines is 2. The van der Waals surface area contributed by atoms with E-state index in [0.717, 1.165) is 56.8 Å². The second kappa shape index (κ2) is 6.96. The number of pyridine rings is 1. The molecule has 1 saturated heterocycles. The smallest absolute Gasteiger partial charge is 0.263 e. The van der Waals surface area contributed by atoms with Crippen LogP contribution in [0.2, 0.25) is 0 Å². The molecular weight excluding hydrogens is 401 g/mol. The number of halogens is 1. The van der Waals surface area contributed by atoms with Crippen molar-refractivity contribution in [2.75, 3.05) is 30.8 Å². The summed E-state index contributed by atoms with van der Waals surface area (Å²) in [5, 5.41) is 7.10. The van der Waals surface area contributed by atoms with Crippen LogP contribution in [0.15, 0.2) is 18.6 Å². The summed E-state index contributed by atoms with van der Waals surface area (Å²) in [6.07, 6.45) is 7.15. The number of nitrogens with one attached hydrogen (secondary N) is 1. The lowest BCUT2D eigenvalue weighted by Gasteiger charge is -2.39. The van der Waals surface area contributed by atoms with Gasteiger partial charge in [0, 0.05) is 36.8 Å². The van der Waals surface area contributed by atoms with Gasteiger partial charge in [0.1, 0.15) is 11.4 Å². The number of nitrogen functional groups attached to an aromatic ring is 1. The van der Waals surface area contributed by atoms with E-state index in [0.29, 0.717) is 22.9 Å². The van der Waals surface area contributed by atoms with Gasteiger partial charge in [-0.1, -0.05) is 0 Å². The third kappa shape index (κ3) is 3.14. The summed E-state index contributed by atoms with van der Waals surface area (Å²) in [5.74, 6) is -0.650. The van der Waals surface area contributed by atoms with Gasteiger partial charge in [0.25, 0.3) is 5.91 Å². The van der Waals surface area contributed by atoms with Crippen molar-refractivity contribution in [1.82, 2.24) is 24.5 Å². The summed E-state index contributed by atoms with van der Waals surface area (Å²) in [7, 11) is 0. The number of amides is 1. The molecule has 1 saturated carbocycles. The van der Waals surface area contributed by atoms with E-state index >= 15 is 0 Å². The summed E-state index contributed by atoms with van der Waals surface area (Å²) >= 11 is 0. The van der Waals surface area contributed by atoms with Crippen molar-refractivity contribution in [3.05, 3.63) is 46.8 Å². The third-order valence-corrected chi connectivity index (χ3v) is 6.35. The van der Waals surface area contributed by atoms with Crippen LogP contribution in [0.1, 0.15) is 45.9 Å². The fraction of sp³-hybridized carbons (Fsp3) is 0.429. The molecule has 1 amide bonds. The zero-order valence-corrected chi connectivity index (χ0v) is 16.8. The van der Waals surface area contributed by atoms with Gasteiger partial charge < -0.3 is 15.8 Å². The van der Waals surface area contributed by atoms with Gasteiger partial charge in [-0.2, -0.15) is 0 Å². The fourth-order valence-corrected chi connectivity index (χ4v) is 4.44. The van der Waals surface area contributed by atoms with E-state index in [2.05, 4.69) is 20.3 Å². The molecule has 0 bridgehead atoms. The SMILES string of the molecule is Nc1nn2cc3c(nc2c1C(=O)Nc1cncc(F)c1C1CC1)CCN(C1COC1)C3. The predicted octanol–water partition coefficient (Wildman–Crippen LogP) is 1.73. The second-order valence-electron chi connectivity index (χ2n) is 8.46. The maximum atomic E-state index is 14.3. The number of aromatic nitrogens is 4. The molecule has 1 aliphatic carbocycles. The van der Waals surface area contributed by atoms with Gasteiger partial charge in [0.15, 0.2) is 11.5 Å². The molecule has 2 fully saturated rings. The Kier molecular flexibility index (Phi) is 4.19. The van der Waals surface area contributed by atoms with Crippen LogP contribution in [0.3, 0.4) is 0 Å². The molecule has 31 heavy (non-hydrogen) atoms. The van der Waals surface area contributed by atoms with Crippen LogP contribution in [0.4, 0.5) is 15.9 Å². The van der Waals surface area contributed by atoms with E-state index in [1.807, 2.05) is 6.20 Å². The maximum Gasteiger partial charge on any atom is 0.263 e. The minimum atomic E-state index is -0.460. The largest absolute Gasteiger partial charge is 0.381 e. The highest BCUT2D eigenvalue weighted by Gasteiger charge is 2.32. The fourth-order valence-electron chi connectivity index (χ4n) is 4.44. The van der Waals surface area contributed by atoms with E-state index in [9.17, 15) is 9.18 Å². The van der Waals surface area contributed by atoms with Gasteiger partial charge in [0.05, 0.1) is 43.0 Å². The van der Waals surface area contributed by atoms with Crippen LogP contribution >= 0.6 is 0 Å². The third-order valence-electron chi connectivity index (χ3n) is 6.35. The number of fused-ring (bicyclic) bond motifs is 2. The number of hydrogen-bond acceptors (Lipinski definition) is 7. The summed E-state index contributed by atoms with van der Waals surface area (Å²) in [5.41, 5.74) is 9.61. The zero-order valence-electron chi connectivity index (χ0n) is 16.8. The average Bonchev–Trinajstić information content (AvgIpc) is 3.47. The van der Waals surface area contributed by atoms with Gasteiger partial charge in [-0.25, -0.2) is 13.9 Å². The molecule has 5 heterocycles. The molecule has 10 heteroatoms. The van der Waals surface area contributed by atoms with Crippen molar-refractivity contribution in [3.8, 4) is 0 Å². The van der Waals surface area contributed by atoms with Gasteiger partial charge in [-0.3, -0.25) is 14.7 Å². The lowest BCUT2D eigenvalue weighted by molar-refractivity contribution is -0.0697. The molecule has 0 aromatic carbocycles. The van der Waals surface area contributed by atoms with E-state index in [1.54, 1.807) is 4.52 Å². The van der Waals surface area contributed by atoms with Crippen LogP contribution in [0, 0.1) is 5.82 Å². The van der Waals surface area contributed by atoms with Crippen molar-refractivity contribution < 1.29 is 13.9 Å². The Balaban J connectivity index is 1.33. The summed E-state index contributed by atoms with van der Waals surface area (Å²) in [6.45, 7) is 3.20. The lowest BCUT2D eigenvalue weighted by Crippen LogP contribution is -2.50. The van der Waals surface area contributed by atoms with E-state index in [1.165, 1.54) is 12.4 Å². The molecule has 3 aromatic heterocycles. The highest BCUT2D eigenvalue weighted by Crippen LogP contribution is 2.44. The van der Waals surface area contributed by atoms with Crippen LogP contribution in [-0.2, 0) is 17.7 Å². The zero-order chi connectivity index (χ0) is 21.1. The first kappa shape index (κ1) is 18.6. The molecule has 0 radical (unpaired) electrons. The summed E-state index contributed by atoms with van der Waals surface area (Å²) in [6, 6.07) is 0.452. The van der Waals surface area contributed by atoms with E-state index < -0.39 is 11.7 Å². The molecule has 3 aromatic rings. The Hall–Kier alpha value is -3.11. The van der Waals surface area contributed by atoms with Crippen molar-refractivity contribution in [2.24, 2.45) is 0 Å². The summed E-state index contributed by atoms with van der Waals surface area (Å²) < 4.78 is 21.2. The Labute approximate surface area is 177 Å². The van der Waals surface area contributed by atoms with Gasteiger partial charge in [0.2, 0.25) is 0 Å². The lowest BCUT2D eigenvalue weighted by atomic mass is 10.0. The molecule has 6 rings (SSSR count). The van der Waals surface area contributed by atoms with Crippen LogP contribution < -0.4 is 11.1 Å². The highest BCUT2D eigenvalue weighted by molar-refractivity contribution is 6.11. The molecule has 160 valence electrons. The normalized spacial score (nSPS) is 19.3. The van der Waals surface area contributed by atoms with E-state index in [-0.39, 0.29) is 17.3 Å². The number of carbonyl (C=O) groups is 1. The molecule has 0 spiro atoms. The van der Waals surface area contributed by atoms with Crippen LogP contribution in [0.5, 0.6) is 0 Å². The number of ether oxygens (including phenoxy) is 1. The highest BCUT2D eigenvalue weighted by atomic mass is 19.1. The Bertz CT molecular complexity index is 1200. The van der Waals surface area contributed by atoms with Crippen molar-refractivity contribution in [3.63, 3.8) is 0 Å². The first-order chi connectivity index (χ1) is 15.1. The first-order valence-corrected chi connectivity index (χ1v) is 10.5. The monoisotopic (exact) mass is 423 g/mol. The molecule has 2 aliphatic heterocycles. The molecule has 3 aliphatic rings. The number of nitrogens with two attached hydrogens (primary N) is 1. The van der Waals surface area contributed by atoms with Crippen LogP contribution in [-0.4, -0.2) is 56.2 Å². The minimum absolute atomic E-state index is 0.0916. The topological polar surface area (TPSA) is 111 Å². The molecule has 9 nitrogen and oxygen atoms in total. The van der Waals surface area contributed by atoms with Crippen molar-refractivity contribution in [1.29, 1.82) is 0 Å². The Morgan fingerprint density at radius 3 is 2.87 bits per heavy atom. The molecule has 0 unspecified atom stereocenters. The standard InChI is InChI=1S/C21H22FN7O2/c22-14-5-24-6-16(17(14)11-1-2-11)26-21(30)18-19(23)27-29-8-12-7-28(13-9-31-10-13)4-3-15(12)25-20(18)29/h5-6,8,11,13H,1-4,7,9-10H2,(H2,23,27)(H,26,30). The number of nitrogens with zero attached hydrogens (tertiary/aromatic N) is 5. The average molecular weight is 423 g/mol. The minimum Gasteiger partial charge on any atom is -0.381 e. The number of hydrogen-bond donors (Lipinski definition) is 2. The number of rotatable bonds is 4. The molecular formula is C21H22FN7O2. The van der Waals surface area contributed by atoms with Gasteiger partial charge >= 0.3 is 0 Å². The van der Waals surface area contributed by atoms with Gasteiger partial charge in [-0.15, -0.1) is 5.10 Å². The summed E-state index contributed by atoms with van der Waals surface area (Å²) in [4.78, 5) is 24.1.